The summed E-state index contributed by atoms with van der Waals surface area (Å²) < 4.78 is 0. The van der Waals surface area contributed by atoms with Crippen LogP contribution in [-0.4, -0.2) is 29.1 Å². The number of nitrogens with one attached hydrogen (secondary N) is 2. The smallest absolute Gasteiger partial charge is 0.125 e. The molecule has 1 aromatic heterocycles. The molecular formula is C11H18N4. The minimum Gasteiger partial charge on any atom is -0.313 e. The molecule has 0 spiro atoms. The quantitative estimate of drug-likeness (QED) is 0.758. The maximum atomic E-state index is 4.34. The summed E-state index contributed by atoms with van der Waals surface area (Å²) in [5.74, 6) is 0.841. The number of hydrogen-bond acceptors (Lipinski definition) is 4. The topological polar surface area (TPSA) is 49.8 Å². The van der Waals surface area contributed by atoms with Crippen LogP contribution in [0.3, 0.4) is 0 Å². The van der Waals surface area contributed by atoms with Gasteiger partial charge in [-0.3, -0.25) is 0 Å². The molecule has 0 radical (unpaired) electrons. The van der Waals surface area contributed by atoms with Crippen molar-refractivity contribution in [3.63, 3.8) is 0 Å². The van der Waals surface area contributed by atoms with E-state index in [1.807, 2.05) is 19.2 Å². The SMILES string of the molecule is Cc1nccc(CNCC2CCCN2)n1. The summed E-state index contributed by atoms with van der Waals surface area (Å²) in [5.41, 5.74) is 1.07. The van der Waals surface area contributed by atoms with Crippen molar-refractivity contribution in [1.29, 1.82) is 0 Å². The van der Waals surface area contributed by atoms with E-state index in [0.717, 1.165) is 24.6 Å². The number of aromatic nitrogens is 2. The zero-order valence-electron chi connectivity index (χ0n) is 9.16. The normalized spacial score (nSPS) is 20.7. The van der Waals surface area contributed by atoms with E-state index in [2.05, 4.69) is 20.6 Å². The third-order valence-electron chi connectivity index (χ3n) is 2.69. The molecule has 4 nitrogen and oxygen atoms in total. The molecule has 2 N–H and O–H groups in total. The molecule has 1 aliphatic rings. The average molecular weight is 206 g/mol. The van der Waals surface area contributed by atoms with E-state index in [-0.39, 0.29) is 0 Å². The first kappa shape index (κ1) is 10.5. The average Bonchev–Trinajstić information content (AvgIpc) is 2.71. The fourth-order valence-corrected chi connectivity index (χ4v) is 1.91. The van der Waals surface area contributed by atoms with Crippen LogP contribution in [-0.2, 0) is 6.54 Å². The summed E-state index contributed by atoms with van der Waals surface area (Å²) in [6.45, 7) is 4.95. The van der Waals surface area contributed by atoms with Crippen LogP contribution in [0.2, 0.25) is 0 Å². The van der Waals surface area contributed by atoms with E-state index in [1.165, 1.54) is 19.4 Å². The third kappa shape index (κ3) is 3.25. The molecule has 2 rings (SSSR count). The van der Waals surface area contributed by atoms with Crippen LogP contribution in [0.4, 0.5) is 0 Å². The molecule has 1 fully saturated rings. The molecule has 1 aromatic rings. The highest BCUT2D eigenvalue weighted by atomic mass is 15.0. The summed E-state index contributed by atoms with van der Waals surface area (Å²) in [4.78, 5) is 8.42. The Bertz CT molecular complexity index is 307. The van der Waals surface area contributed by atoms with Crippen molar-refractivity contribution in [3.05, 3.63) is 23.8 Å². The van der Waals surface area contributed by atoms with E-state index in [4.69, 9.17) is 0 Å². The molecule has 2 heterocycles. The van der Waals surface area contributed by atoms with Crippen molar-refractivity contribution in [1.82, 2.24) is 20.6 Å². The van der Waals surface area contributed by atoms with Crippen LogP contribution in [0.25, 0.3) is 0 Å². The van der Waals surface area contributed by atoms with E-state index >= 15 is 0 Å². The number of nitrogens with zero attached hydrogens (tertiary/aromatic N) is 2. The van der Waals surface area contributed by atoms with Gasteiger partial charge in [0, 0.05) is 25.3 Å². The molecule has 0 aliphatic carbocycles. The molecule has 0 bridgehead atoms. The van der Waals surface area contributed by atoms with E-state index in [9.17, 15) is 0 Å². The van der Waals surface area contributed by atoms with E-state index < -0.39 is 0 Å². The summed E-state index contributed by atoms with van der Waals surface area (Å²) in [6.07, 6.45) is 4.40. The Balaban J connectivity index is 1.73. The predicted octanol–water partition coefficient (Wildman–Crippen LogP) is 0.627. The monoisotopic (exact) mass is 206 g/mol. The third-order valence-corrected chi connectivity index (χ3v) is 2.69. The molecule has 1 unspecified atom stereocenters. The fourth-order valence-electron chi connectivity index (χ4n) is 1.91. The molecule has 0 amide bonds. The summed E-state index contributed by atoms with van der Waals surface area (Å²) in [5, 5.41) is 6.88. The van der Waals surface area contributed by atoms with Gasteiger partial charge in [-0.1, -0.05) is 0 Å². The first-order valence-corrected chi connectivity index (χ1v) is 5.57. The second kappa shape index (κ2) is 5.19. The van der Waals surface area contributed by atoms with Gasteiger partial charge in [0.15, 0.2) is 0 Å². The van der Waals surface area contributed by atoms with Crippen molar-refractivity contribution < 1.29 is 0 Å². The Kier molecular flexibility index (Phi) is 3.64. The van der Waals surface area contributed by atoms with Gasteiger partial charge in [-0.2, -0.15) is 0 Å². The summed E-state index contributed by atoms with van der Waals surface area (Å²) in [7, 11) is 0. The van der Waals surface area contributed by atoms with Gasteiger partial charge in [0.25, 0.3) is 0 Å². The van der Waals surface area contributed by atoms with Crippen molar-refractivity contribution >= 4 is 0 Å². The van der Waals surface area contributed by atoms with Crippen LogP contribution in [0, 0.1) is 6.92 Å². The van der Waals surface area contributed by atoms with Crippen LogP contribution in [0.15, 0.2) is 12.3 Å². The minimum absolute atomic E-state index is 0.646. The van der Waals surface area contributed by atoms with Crippen LogP contribution >= 0.6 is 0 Å². The van der Waals surface area contributed by atoms with Gasteiger partial charge in [0.1, 0.15) is 5.82 Å². The number of hydrogen-bond donors (Lipinski definition) is 2. The fraction of sp³-hybridized carbons (Fsp3) is 0.636. The zero-order chi connectivity index (χ0) is 10.5. The Morgan fingerprint density at radius 1 is 1.60 bits per heavy atom. The minimum atomic E-state index is 0.646. The number of rotatable bonds is 4. The van der Waals surface area contributed by atoms with E-state index in [1.54, 1.807) is 0 Å². The van der Waals surface area contributed by atoms with Crippen LogP contribution < -0.4 is 10.6 Å². The Labute approximate surface area is 90.5 Å². The van der Waals surface area contributed by atoms with Gasteiger partial charge < -0.3 is 10.6 Å². The van der Waals surface area contributed by atoms with Gasteiger partial charge in [-0.05, 0) is 32.4 Å². The molecule has 0 saturated carbocycles. The first-order valence-electron chi connectivity index (χ1n) is 5.57. The lowest BCUT2D eigenvalue weighted by Gasteiger charge is -2.10. The maximum Gasteiger partial charge on any atom is 0.125 e. The van der Waals surface area contributed by atoms with Gasteiger partial charge >= 0.3 is 0 Å². The van der Waals surface area contributed by atoms with Gasteiger partial charge in [0.2, 0.25) is 0 Å². The molecule has 1 aliphatic heterocycles. The molecule has 4 heteroatoms. The largest absolute Gasteiger partial charge is 0.313 e. The highest BCUT2D eigenvalue weighted by Crippen LogP contribution is 2.03. The predicted molar refractivity (Wildman–Crippen MR) is 59.5 cm³/mol. The van der Waals surface area contributed by atoms with E-state index in [0.29, 0.717) is 6.04 Å². The molecule has 0 aromatic carbocycles. The van der Waals surface area contributed by atoms with Crippen LogP contribution in [0.5, 0.6) is 0 Å². The molecule has 1 atom stereocenters. The van der Waals surface area contributed by atoms with Crippen molar-refractivity contribution in [2.24, 2.45) is 0 Å². The lowest BCUT2D eigenvalue weighted by atomic mass is 10.2. The summed E-state index contributed by atoms with van der Waals surface area (Å²) >= 11 is 0. The first-order chi connectivity index (χ1) is 7.34. The lowest BCUT2D eigenvalue weighted by molar-refractivity contribution is 0.532. The Morgan fingerprint density at radius 3 is 3.27 bits per heavy atom. The van der Waals surface area contributed by atoms with Gasteiger partial charge in [-0.15, -0.1) is 0 Å². The second-order valence-corrected chi connectivity index (χ2v) is 4.02. The van der Waals surface area contributed by atoms with Gasteiger partial charge in [-0.25, -0.2) is 9.97 Å². The highest BCUT2D eigenvalue weighted by Gasteiger charge is 2.12. The summed E-state index contributed by atoms with van der Waals surface area (Å²) in [6, 6.07) is 2.61. The standard InChI is InChI=1S/C11H18N4/c1-9-13-6-4-11(15-9)8-12-7-10-3-2-5-14-10/h4,6,10,12,14H,2-3,5,7-8H2,1H3. The highest BCUT2D eigenvalue weighted by molar-refractivity contribution is 5.01. The van der Waals surface area contributed by atoms with Crippen molar-refractivity contribution in [2.45, 2.75) is 32.4 Å². The molecule has 15 heavy (non-hydrogen) atoms. The van der Waals surface area contributed by atoms with Crippen LogP contribution in [0.1, 0.15) is 24.4 Å². The number of aryl methyl sites for hydroxylation is 1. The Morgan fingerprint density at radius 2 is 2.53 bits per heavy atom. The molecular weight excluding hydrogens is 188 g/mol. The maximum absolute atomic E-state index is 4.34. The Hall–Kier alpha value is -1.00. The van der Waals surface area contributed by atoms with Crippen molar-refractivity contribution in [3.8, 4) is 0 Å². The van der Waals surface area contributed by atoms with Gasteiger partial charge in [0.05, 0.1) is 5.69 Å². The van der Waals surface area contributed by atoms with Crippen molar-refractivity contribution in [2.75, 3.05) is 13.1 Å². The second-order valence-electron chi connectivity index (χ2n) is 4.02. The molecule has 1 saturated heterocycles. The lowest BCUT2D eigenvalue weighted by Crippen LogP contribution is -2.33. The zero-order valence-corrected chi connectivity index (χ0v) is 9.16. The molecule has 82 valence electrons.